The Balaban J connectivity index is 2.49. The molecule has 1 aromatic rings. The first-order valence-electron chi connectivity index (χ1n) is 6.95. The molecular formula is C15H25NO4S. The van der Waals surface area contributed by atoms with Gasteiger partial charge in [0.05, 0.1) is 27.4 Å². The average Bonchev–Trinajstić information content (AvgIpc) is 2.53. The minimum Gasteiger partial charge on any atom is -0.493 e. The quantitative estimate of drug-likeness (QED) is 0.480. The van der Waals surface area contributed by atoms with Crippen LogP contribution >= 0.6 is 11.8 Å². The molecule has 0 fully saturated rings. The fourth-order valence-corrected chi connectivity index (χ4v) is 2.54. The number of benzene rings is 1. The summed E-state index contributed by atoms with van der Waals surface area (Å²) >= 11 is 1.69. The van der Waals surface area contributed by atoms with Crippen molar-refractivity contribution in [2.75, 3.05) is 46.8 Å². The van der Waals surface area contributed by atoms with Crippen LogP contribution in [0.25, 0.3) is 0 Å². The monoisotopic (exact) mass is 315 g/mol. The SMILES string of the molecule is COc1cc(CNCCCOCCO)c(SC)cc1OC. The van der Waals surface area contributed by atoms with E-state index >= 15 is 0 Å². The van der Waals surface area contributed by atoms with E-state index in [-0.39, 0.29) is 6.61 Å². The van der Waals surface area contributed by atoms with E-state index in [2.05, 4.69) is 5.32 Å². The average molecular weight is 315 g/mol. The number of methoxy groups -OCH3 is 2. The van der Waals surface area contributed by atoms with Gasteiger partial charge in [0.1, 0.15) is 0 Å². The van der Waals surface area contributed by atoms with E-state index in [0.717, 1.165) is 31.0 Å². The molecular weight excluding hydrogens is 290 g/mol. The molecule has 1 rings (SSSR count). The molecule has 0 heterocycles. The molecule has 0 aromatic heterocycles. The van der Waals surface area contributed by atoms with E-state index in [1.165, 1.54) is 10.5 Å². The van der Waals surface area contributed by atoms with Crippen LogP contribution in [0, 0.1) is 0 Å². The molecule has 0 aliphatic carbocycles. The largest absolute Gasteiger partial charge is 0.493 e. The minimum absolute atomic E-state index is 0.0795. The van der Waals surface area contributed by atoms with Crippen molar-refractivity contribution in [3.05, 3.63) is 17.7 Å². The van der Waals surface area contributed by atoms with Crippen LogP contribution < -0.4 is 14.8 Å². The smallest absolute Gasteiger partial charge is 0.161 e. The molecule has 120 valence electrons. The Kier molecular flexibility index (Phi) is 9.25. The molecule has 0 bridgehead atoms. The van der Waals surface area contributed by atoms with Crippen molar-refractivity contribution < 1.29 is 19.3 Å². The van der Waals surface area contributed by atoms with Crippen molar-refractivity contribution in [3.63, 3.8) is 0 Å². The molecule has 0 spiro atoms. The van der Waals surface area contributed by atoms with E-state index in [0.29, 0.717) is 13.2 Å². The number of hydrogen-bond donors (Lipinski definition) is 2. The highest BCUT2D eigenvalue weighted by molar-refractivity contribution is 7.98. The summed E-state index contributed by atoms with van der Waals surface area (Å²) in [5.74, 6) is 1.50. The van der Waals surface area contributed by atoms with Crippen LogP contribution in [0.15, 0.2) is 17.0 Å². The van der Waals surface area contributed by atoms with Crippen LogP contribution in [0.1, 0.15) is 12.0 Å². The molecule has 21 heavy (non-hydrogen) atoms. The van der Waals surface area contributed by atoms with E-state index in [4.69, 9.17) is 19.3 Å². The molecule has 0 aliphatic heterocycles. The summed E-state index contributed by atoms with van der Waals surface area (Å²) in [7, 11) is 3.29. The lowest BCUT2D eigenvalue weighted by Gasteiger charge is -2.14. The van der Waals surface area contributed by atoms with Crippen LogP contribution in [-0.2, 0) is 11.3 Å². The van der Waals surface area contributed by atoms with Gasteiger partial charge in [-0.1, -0.05) is 0 Å². The zero-order valence-corrected chi connectivity index (χ0v) is 13.8. The molecule has 0 saturated carbocycles. The number of aliphatic hydroxyl groups is 1. The van der Waals surface area contributed by atoms with Gasteiger partial charge >= 0.3 is 0 Å². The van der Waals surface area contributed by atoms with Crippen molar-refractivity contribution in [1.82, 2.24) is 5.32 Å². The van der Waals surface area contributed by atoms with E-state index in [9.17, 15) is 0 Å². The lowest BCUT2D eigenvalue weighted by molar-refractivity contribution is 0.0907. The molecule has 0 unspecified atom stereocenters. The fourth-order valence-electron chi connectivity index (χ4n) is 1.92. The van der Waals surface area contributed by atoms with Crippen LogP contribution in [0.2, 0.25) is 0 Å². The molecule has 5 nitrogen and oxygen atoms in total. The predicted molar refractivity (Wildman–Crippen MR) is 85.6 cm³/mol. The Morgan fingerprint density at radius 2 is 1.86 bits per heavy atom. The second kappa shape index (κ2) is 10.7. The lowest BCUT2D eigenvalue weighted by Crippen LogP contribution is -2.17. The summed E-state index contributed by atoms with van der Waals surface area (Å²) in [5, 5.41) is 12.0. The van der Waals surface area contributed by atoms with Gasteiger partial charge in [-0.25, -0.2) is 0 Å². The Bertz CT molecular complexity index is 415. The molecule has 6 heteroatoms. The Morgan fingerprint density at radius 3 is 2.48 bits per heavy atom. The Labute approximate surface area is 131 Å². The number of rotatable bonds is 11. The molecule has 1 aromatic carbocycles. The Hall–Kier alpha value is -0.950. The predicted octanol–water partition coefficient (Wildman–Crippen LogP) is 1.91. The maximum absolute atomic E-state index is 8.60. The van der Waals surface area contributed by atoms with Crippen LogP contribution in [0.5, 0.6) is 11.5 Å². The molecule has 0 aliphatic rings. The third-order valence-electron chi connectivity index (χ3n) is 2.98. The van der Waals surface area contributed by atoms with Gasteiger partial charge in [0.15, 0.2) is 11.5 Å². The third-order valence-corrected chi connectivity index (χ3v) is 3.80. The lowest BCUT2D eigenvalue weighted by atomic mass is 10.2. The number of ether oxygens (including phenoxy) is 3. The zero-order valence-electron chi connectivity index (χ0n) is 13.0. The molecule has 0 amide bonds. The maximum Gasteiger partial charge on any atom is 0.161 e. The Morgan fingerprint density at radius 1 is 1.14 bits per heavy atom. The molecule has 0 radical (unpaired) electrons. The standard InChI is InChI=1S/C15H25NO4S/c1-18-13-9-12(15(21-3)10-14(13)19-2)11-16-5-4-7-20-8-6-17/h9-10,16-17H,4-8,11H2,1-3H3. The third kappa shape index (κ3) is 6.13. The molecule has 0 saturated heterocycles. The number of aliphatic hydroxyl groups excluding tert-OH is 1. The summed E-state index contributed by atoms with van der Waals surface area (Å²) in [6.45, 7) is 2.79. The van der Waals surface area contributed by atoms with Gasteiger partial charge in [0, 0.05) is 18.0 Å². The van der Waals surface area contributed by atoms with Gasteiger partial charge in [-0.2, -0.15) is 0 Å². The molecule has 2 N–H and O–H groups in total. The maximum atomic E-state index is 8.60. The molecule has 0 atom stereocenters. The van der Waals surface area contributed by atoms with Gasteiger partial charge in [-0.15, -0.1) is 11.8 Å². The second-order valence-electron chi connectivity index (χ2n) is 4.39. The summed E-state index contributed by atoms with van der Waals surface area (Å²) in [5.41, 5.74) is 1.19. The van der Waals surface area contributed by atoms with Gasteiger partial charge in [-0.3, -0.25) is 0 Å². The van der Waals surface area contributed by atoms with E-state index in [1.54, 1.807) is 26.0 Å². The van der Waals surface area contributed by atoms with Crippen molar-refractivity contribution in [2.45, 2.75) is 17.9 Å². The van der Waals surface area contributed by atoms with Crippen molar-refractivity contribution in [2.24, 2.45) is 0 Å². The zero-order chi connectivity index (χ0) is 15.5. The highest BCUT2D eigenvalue weighted by atomic mass is 32.2. The topological polar surface area (TPSA) is 60.0 Å². The van der Waals surface area contributed by atoms with Gasteiger partial charge in [-0.05, 0) is 36.9 Å². The van der Waals surface area contributed by atoms with Gasteiger partial charge < -0.3 is 24.6 Å². The van der Waals surface area contributed by atoms with Gasteiger partial charge in [0.25, 0.3) is 0 Å². The number of hydrogen-bond acceptors (Lipinski definition) is 6. The number of nitrogens with one attached hydrogen (secondary N) is 1. The van der Waals surface area contributed by atoms with Crippen LogP contribution in [0.4, 0.5) is 0 Å². The summed E-state index contributed by atoms with van der Waals surface area (Å²) < 4.78 is 15.9. The van der Waals surface area contributed by atoms with Crippen molar-refractivity contribution in [1.29, 1.82) is 0 Å². The second-order valence-corrected chi connectivity index (χ2v) is 5.23. The minimum atomic E-state index is 0.0795. The van der Waals surface area contributed by atoms with Crippen molar-refractivity contribution >= 4 is 11.8 Å². The first-order valence-corrected chi connectivity index (χ1v) is 8.17. The fraction of sp³-hybridized carbons (Fsp3) is 0.600. The summed E-state index contributed by atoms with van der Waals surface area (Å²) in [6, 6.07) is 4.02. The normalized spacial score (nSPS) is 10.7. The van der Waals surface area contributed by atoms with Gasteiger partial charge in [0.2, 0.25) is 0 Å². The van der Waals surface area contributed by atoms with Crippen LogP contribution in [0.3, 0.4) is 0 Å². The first kappa shape index (κ1) is 18.1. The van der Waals surface area contributed by atoms with E-state index in [1.807, 2.05) is 18.4 Å². The first-order chi connectivity index (χ1) is 10.3. The summed E-state index contributed by atoms with van der Waals surface area (Å²) in [6.07, 6.45) is 2.97. The van der Waals surface area contributed by atoms with Crippen molar-refractivity contribution in [3.8, 4) is 11.5 Å². The van der Waals surface area contributed by atoms with E-state index < -0.39 is 0 Å². The summed E-state index contributed by atoms with van der Waals surface area (Å²) in [4.78, 5) is 1.18. The highest BCUT2D eigenvalue weighted by Crippen LogP contribution is 2.34. The highest BCUT2D eigenvalue weighted by Gasteiger charge is 2.10. The number of thioether (sulfide) groups is 1. The van der Waals surface area contributed by atoms with Crippen LogP contribution in [-0.4, -0.2) is 51.9 Å².